The molecular formula is C18H19N3O2. The van der Waals surface area contributed by atoms with Crippen LogP contribution in [0.1, 0.15) is 12.0 Å². The van der Waals surface area contributed by atoms with Gasteiger partial charge in [0, 0.05) is 13.6 Å². The third kappa shape index (κ3) is 8.08. The van der Waals surface area contributed by atoms with Gasteiger partial charge in [0.2, 0.25) is 0 Å². The fourth-order valence-electron chi connectivity index (χ4n) is 1.77. The van der Waals surface area contributed by atoms with Crippen LogP contribution >= 0.6 is 0 Å². The molecular weight excluding hydrogens is 290 g/mol. The molecule has 0 amide bonds. The van der Waals surface area contributed by atoms with Crippen molar-refractivity contribution in [2.75, 3.05) is 20.2 Å². The molecule has 5 nitrogen and oxygen atoms in total. The Labute approximate surface area is 136 Å². The molecule has 0 bridgehead atoms. The molecule has 1 aromatic carbocycles. The molecule has 0 aliphatic rings. The van der Waals surface area contributed by atoms with Crippen LogP contribution in [-0.2, 0) is 16.0 Å². The summed E-state index contributed by atoms with van der Waals surface area (Å²) in [7, 11) is 1.87. The number of hydrogen-bond acceptors (Lipinski definition) is 5. The summed E-state index contributed by atoms with van der Waals surface area (Å²) in [5, 5.41) is 17.2. The van der Waals surface area contributed by atoms with Crippen LogP contribution < -0.4 is 0 Å². The van der Waals surface area contributed by atoms with E-state index >= 15 is 0 Å². The molecule has 0 spiro atoms. The molecule has 0 saturated carbocycles. The first-order valence-electron chi connectivity index (χ1n) is 7.24. The van der Waals surface area contributed by atoms with Gasteiger partial charge in [0.1, 0.15) is 17.7 Å². The van der Waals surface area contributed by atoms with E-state index in [1.807, 2.05) is 42.3 Å². The van der Waals surface area contributed by atoms with Crippen LogP contribution in [0.3, 0.4) is 0 Å². The molecule has 0 N–H and O–H groups in total. The van der Waals surface area contributed by atoms with Gasteiger partial charge in [-0.25, -0.2) is 0 Å². The molecule has 23 heavy (non-hydrogen) atoms. The second-order valence-electron chi connectivity index (χ2n) is 4.86. The highest BCUT2D eigenvalue weighted by molar-refractivity contribution is 5.72. The Morgan fingerprint density at radius 2 is 1.96 bits per heavy atom. The minimum Gasteiger partial charge on any atom is -0.465 e. The predicted molar refractivity (Wildman–Crippen MR) is 86.8 cm³/mol. The summed E-state index contributed by atoms with van der Waals surface area (Å²) in [6.45, 7) is 1.07. The van der Waals surface area contributed by atoms with E-state index in [1.54, 1.807) is 24.4 Å². The van der Waals surface area contributed by atoms with E-state index < -0.39 is 0 Å². The summed E-state index contributed by atoms with van der Waals surface area (Å²) in [6.07, 6.45) is 5.85. The highest BCUT2D eigenvalue weighted by Gasteiger charge is 2.04. The van der Waals surface area contributed by atoms with Crippen molar-refractivity contribution < 1.29 is 9.53 Å². The Balaban J connectivity index is 2.20. The Kier molecular flexibility index (Phi) is 8.33. The van der Waals surface area contributed by atoms with Gasteiger partial charge in [0.25, 0.3) is 0 Å². The lowest BCUT2D eigenvalue weighted by Gasteiger charge is -2.13. The van der Waals surface area contributed by atoms with Gasteiger partial charge in [-0.05, 0) is 30.3 Å². The van der Waals surface area contributed by atoms with E-state index in [1.165, 1.54) is 6.08 Å². The van der Waals surface area contributed by atoms with Gasteiger partial charge < -0.3 is 9.64 Å². The van der Waals surface area contributed by atoms with E-state index in [2.05, 4.69) is 0 Å². The average Bonchev–Trinajstić information content (AvgIpc) is 2.56. The standard InChI is InChI=1S/C18H19N3O2/c1-21(10-5-9-17(14-19)15-20)11-6-12-23-18(22)13-16-7-3-2-4-8-16/h2-5,7-10H,6,11-13H2,1H3. The molecule has 118 valence electrons. The summed E-state index contributed by atoms with van der Waals surface area (Å²) >= 11 is 0. The highest BCUT2D eigenvalue weighted by Crippen LogP contribution is 2.01. The van der Waals surface area contributed by atoms with Gasteiger partial charge in [-0.3, -0.25) is 4.79 Å². The molecule has 1 rings (SSSR count). The van der Waals surface area contributed by atoms with Crippen molar-refractivity contribution in [3.63, 3.8) is 0 Å². The first-order valence-corrected chi connectivity index (χ1v) is 7.24. The third-order valence-electron chi connectivity index (χ3n) is 2.95. The largest absolute Gasteiger partial charge is 0.465 e. The average molecular weight is 309 g/mol. The maximum atomic E-state index is 11.7. The van der Waals surface area contributed by atoms with Crippen LogP contribution in [0.5, 0.6) is 0 Å². The van der Waals surface area contributed by atoms with Crippen LogP contribution in [0.25, 0.3) is 0 Å². The van der Waals surface area contributed by atoms with Crippen molar-refractivity contribution in [1.29, 1.82) is 10.5 Å². The number of ether oxygens (including phenoxy) is 1. The zero-order valence-electron chi connectivity index (χ0n) is 13.1. The number of nitriles is 2. The molecule has 0 fully saturated rings. The van der Waals surface area contributed by atoms with E-state index in [9.17, 15) is 4.79 Å². The number of allylic oxidation sites excluding steroid dienone is 3. The molecule has 1 aromatic rings. The van der Waals surface area contributed by atoms with Gasteiger partial charge in [-0.1, -0.05) is 30.3 Å². The number of hydrogen-bond donors (Lipinski definition) is 0. The zero-order chi connectivity index (χ0) is 16.9. The molecule has 0 aliphatic heterocycles. The lowest BCUT2D eigenvalue weighted by Crippen LogP contribution is -2.16. The number of rotatable bonds is 8. The van der Waals surface area contributed by atoms with Gasteiger partial charge in [0.15, 0.2) is 0 Å². The molecule has 0 unspecified atom stereocenters. The van der Waals surface area contributed by atoms with Crippen LogP contribution in [-0.4, -0.2) is 31.1 Å². The smallest absolute Gasteiger partial charge is 0.310 e. The summed E-state index contributed by atoms with van der Waals surface area (Å²) in [5.74, 6) is -0.231. The molecule has 5 heteroatoms. The number of nitrogens with zero attached hydrogens (tertiary/aromatic N) is 3. The van der Waals surface area contributed by atoms with E-state index in [0.717, 1.165) is 5.56 Å². The normalized spacial score (nSPS) is 9.70. The minimum absolute atomic E-state index is 0.0597. The summed E-state index contributed by atoms with van der Waals surface area (Å²) in [6, 6.07) is 13.0. The first-order chi connectivity index (χ1) is 11.2. The second-order valence-corrected chi connectivity index (χ2v) is 4.86. The maximum Gasteiger partial charge on any atom is 0.310 e. The number of carbonyl (C=O) groups is 1. The van der Waals surface area contributed by atoms with E-state index in [0.29, 0.717) is 19.6 Å². The van der Waals surface area contributed by atoms with Crippen molar-refractivity contribution >= 4 is 5.97 Å². The Morgan fingerprint density at radius 1 is 1.26 bits per heavy atom. The second kappa shape index (κ2) is 10.6. The van der Waals surface area contributed by atoms with Crippen molar-refractivity contribution in [2.24, 2.45) is 0 Å². The molecule has 0 aromatic heterocycles. The van der Waals surface area contributed by atoms with Gasteiger partial charge in [-0.2, -0.15) is 10.5 Å². The van der Waals surface area contributed by atoms with Crippen LogP contribution in [0, 0.1) is 22.7 Å². The number of benzene rings is 1. The molecule has 0 aliphatic carbocycles. The van der Waals surface area contributed by atoms with Crippen LogP contribution in [0.15, 0.2) is 54.3 Å². The Morgan fingerprint density at radius 3 is 2.61 bits per heavy atom. The fraction of sp³-hybridized carbons (Fsp3) is 0.278. The summed E-state index contributed by atoms with van der Waals surface area (Å²) < 4.78 is 5.19. The summed E-state index contributed by atoms with van der Waals surface area (Å²) in [4.78, 5) is 13.5. The quantitative estimate of drug-likeness (QED) is 0.319. The van der Waals surface area contributed by atoms with Gasteiger partial charge in [-0.15, -0.1) is 0 Å². The van der Waals surface area contributed by atoms with E-state index in [4.69, 9.17) is 15.3 Å². The van der Waals surface area contributed by atoms with Gasteiger partial charge in [0.05, 0.1) is 13.0 Å². The maximum absolute atomic E-state index is 11.7. The SMILES string of the molecule is CN(C=CC=C(C#N)C#N)CCCOC(=O)Cc1ccccc1. The minimum atomic E-state index is -0.231. The van der Waals surface area contributed by atoms with Crippen LogP contribution in [0.2, 0.25) is 0 Å². The van der Waals surface area contributed by atoms with Crippen molar-refractivity contribution in [3.05, 3.63) is 59.8 Å². The third-order valence-corrected chi connectivity index (χ3v) is 2.95. The van der Waals surface area contributed by atoms with Crippen LogP contribution in [0.4, 0.5) is 0 Å². The molecule has 0 radical (unpaired) electrons. The van der Waals surface area contributed by atoms with Crippen molar-refractivity contribution in [2.45, 2.75) is 12.8 Å². The molecule has 0 atom stereocenters. The lowest BCUT2D eigenvalue weighted by molar-refractivity contribution is -0.142. The fourth-order valence-corrected chi connectivity index (χ4v) is 1.77. The van der Waals surface area contributed by atoms with Crippen molar-refractivity contribution in [1.82, 2.24) is 4.90 Å². The highest BCUT2D eigenvalue weighted by atomic mass is 16.5. The first kappa shape index (κ1) is 18.0. The molecule has 0 heterocycles. The number of esters is 1. The lowest BCUT2D eigenvalue weighted by atomic mass is 10.2. The molecule has 0 saturated heterocycles. The summed E-state index contributed by atoms with van der Waals surface area (Å²) in [5.41, 5.74) is 1.000. The Bertz CT molecular complexity index is 620. The van der Waals surface area contributed by atoms with Gasteiger partial charge >= 0.3 is 5.97 Å². The zero-order valence-corrected chi connectivity index (χ0v) is 13.1. The predicted octanol–water partition coefficient (Wildman–Crippen LogP) is 2.58. The van der Waals surface area contributed by atoms with E-state index in [-0.39, 0.29) is 18.0 Å². The monoisotopic (exact) mass is 309 g/mol. The Hall–Kier alpha value is -3.05. The van der Waals surface area contributed by atoms with Crippen molar-refractivity contribution in [3.8, 4) is 12.1 Å². The number of carbonyl (C=O) groups excluding carboxylic acids is 1. The topological polar surface area (TPSA) is 77.1 Å².